The van der Waals surface area contributed by atoms with E-state index < -0.39 is 0 Å². The lowest BCUT2D eigenvalue weighted by atomic mass is 9.68. The molecule has 3 heteroatoms. The second-order valence-corrected chi connectivity index (χ2v) is 8.33. The summed E-state index contributed by atoms with van der Waals surface area (Å²) in [4.78, 5) is 12.1. The summed E-state index contributed by atoms with van der Waals surface area (Å²) < 4.78 is 0. The van der Waals surface area contributed by atoms with Crippen LogP contribution in [0.25, 0.3) is 0 Å². The molecular formula is C17H32N2O. The number of fused-ring (bicyclic) bond motifs is 2. The van der Waals surface area contributed by atoms with Gasteiger partial charge in [-0.05, 0) is 48.9 Å². The maximum Gasteiger partial charge on any atom is 0.234 e. The lowest BCUT2D eigenvalue weighted by molar-refractivity contribution is -0.121. The summed E-state index contributed by atoms with van der Waals surface area (Å²) in [6, 6.07) is 0.710. The monoisotopic (exact) mass is 280 g/mol. The Bertz CT molecular complexity index is 372. The number of rotatable bonds is 5. The van der Waals surface area contributed by atoms with Crippen molar-refractivity contribution in [2.24, 2.45) is 22.7 Å². The van der Waals surface area contributed by atoms with Gasteiger partial charge < -0.3 is 10.6 Å². The normalized spacial score (nSPS) is 36.4. The maximum absolute atomic E-state index is 12.1. The van der Waals surface area contributed by atoms with Crippen LogP contribution in [0.1, 0.15) is 60.8 Å². The summed E-state index contributed by atoms with van der Waals surface area (Å²) in [7, 11) is 0. The highest BCUT2D eigenvalue weighted by molar-refractivity contribution is 5.78. The van der Waals surface area contributed by atoms with Crippen molar-refractivity contribution in [1.29, 1.82) is 0 Å². The van der Waals surface area contributed by atoms with E-state index in [0.29, 0.717) is 29.3 Å². The third-order valence-electron chi connectivity index (χ3n) is 6.13. The quantitative estimate of drug-likeness (QED) is 0.813. The Morgan fingerprint density at radius 3 is 2.40 bits per heavy atom. The predicted octanol–water partition coefficient (Wildman–Crippen LogP) is 2.95. The van der Waals surface area contributed by atoms with E-state index in [4.69, 9.17) is 0 Å². The van der Waals surface area contributed by atoms with Gasteiger partial charge in [0, 0.05) is 12.1 Å². The van der Waals surface area contributed by atoms with E-state index in [1.54, 1.807) is 0 Å². The number of hydrogen-bond acceptors (Lipinski definition) is 2. The van der Waals surface area contributed by atoms with Crippen molar-refractivity contribution in [3.05, 3.63) is 0 Å². The Balaban J connectivity index is 1.89. The zero-order chi connectivity index (χ0) is 15.1. The van der Waals surface area contributed by atoms with Crippen molar-refractivity contribution >= 4 is 5.91 Å². The minimum atomic E-state index is 0.133. The number of carbonyl (C=O) groups is 1. The summed E-state index contributed by atoms with van der Waals surface area (Å²) in [6.07, 6.45) is 3.99. The predicted molar refractivity (Wildman–Crippen MR) is 83.5 cm³/mol. The molecule has 2 fully saturated rings. The van der Waals surface area contributed by atoms with E-state index in [9.17, 15) is 4.79 Å². The van der Waals surface area contributed by atoms with Crippen LogP contribution in [0.5, 0.6) is 0 Å². The lowest BCUT2D eigenvalue weighted by Crippen LogP contribution is -2.53. The third-order valence-corrected chi connectivity index (χ3v) is 6.13. The van der Waals surface area contributed by atoms with Crippen LogP contribution in [0, 0.1) is 22.7 Å². The molecule has 3 nitrogen and oxygen atoms in total. The van der Waals surface area contributed by atoms with Crippen molar-refractivity contribution in [2.75, 3.05) is 6.54 Å². The summed E-state index contributed by atoms with van der Waals surface area (Å²) in [6.45, 7) is 13.9. The highest BCUT2D eigenvalue weighted by Gasteiger charge is 2.58. The summed E-state index contributed by atoms with van der Waals surface area (Å²) in [5, 5.41) is 6.66. The minimum absolute atomic E-state index is 0.133. The third kappa shape index (κ3) is 2.74. The zero-order valence-corrected chi connectivity index (χ0v) is 14.0. The number of nitrogens with one attached hydrogen (secondary N) is 2. The molecule has 20 heavy (non-hydrogen) atoms. The van der Waals surface area contributed by atoms with Crippen molar-refractivity contribution in [1.82, 2.24) is 10.6 Å². The molecule has 4 atom stereocenters. The molecule has 2 rings (SSSR count). The Hall–Kier alpha value is -0.570. The maximum atomic E-state index is 12.1. The van der Waals surface area contributed by atoms with Crippen molar-refractivity contribution < 1.29 is 4.79 Å². The van der Waals surface area contributed by atoms with E-state index in [0.717, 1.165) is 5.92 Å². The molecule has 0 aromatic rings. The van der Waals surface area contributed by atoms with Gasteiger partial charge in [0.15, 0.2) is 0 Å². The molecule has 2 N–H and O–H groups in total. The first kappa shape index (κ1) is 15.8. The molecule has 2 saturated carbocycles. The van der Waals surface area contributed by atoms with Gasteiger partial charge in [-0.3, -0.25) is 4.79 Å². The van der Waals surface area contributed by atoms with Gasteiger partial charge in [0.1, 0.15) is 0 Å². The van der Waals surface area contributed by atoms with E-state index in [1.165, 1.54) is 19.3 Å². The van der Waals surface area contributed by atoms with Gasteiger partial charge in [-0.25, -0.2) is 0 Å². The fraction of sp³-hybridized carbons (Fsp3) is 0.941. The molecule has 2 aliphatic rings. The van der Waals surface area contributed by atoms with Crippen molar-refractivity contribution in [3.63, 3.8) is 0 Å². The van der Waals surface area contributed by atoms with Crippen LogP contribution in [0.2, 0.25) is 0 Å². The summed E-state index contributed by atoms with van der Waals surface area (Å²) in [5.74, 6) is 1.44. The van der Waals surface area contributed by atoms with Crippen LogP contribution in [-0.2, 0) is 4.79 Å². The fourth-order valence-electron chi connectivity index (χ4n) is 4.48. The Labute approximate surface area is 124 Å². The van der Waals surface area contributed by atoms with Crippen LogP contribution < -0.4 is 10.6 Å². The van der Waals surface area contributed by atoms with Crippen LogP contribution in [-0.4, -0.2) is 24.5 Å². The average Bonchev–Trinajstić information content (AvgIpc) is 2.79. The minimum Gasteiger partial charge on any atom is -0.352 e. The Morgan fingerprint density at radius 1 is 1.25 bits per heavy atom. The van der Waals surface area contributed by atoms with Crippen LogP contribution in [0.15, 0.2) is 0 Å². The van der Waals surface area contributed by atoms with Gasteiger partial charge in [0.25, 0.3) is 0 Å². The molecule has 2 aliphatic carbocycles. The molecule has 116 valence electrons. The molecule has 0 aromatic heterocycles. The standard InChI is InChI=1S/C17H32N2O/c1-11(2)12(3)19-14(20)10-18-15-16(4,5)13-7-8-17(15,6)9-13/h11-13,15,18H,7-10H2,1-6H3,(H,19,20). The van der Waals surface area contributed by atoms with Gasteiger partial charge in [-0.1, -0.05) is 34.6 Å². The molecule has 0 aromatic carbocycles. The van der Waals surface area contributed by atoms with Gasteiger partial charge in [0.2, 0.25) is 5.91 Å². The van der Waals surface area contributed by atoms with Crippen molar-refractivity contribution in [3.8, 4) is 0 Å². The molecule has 0 aliphatic heterocycles. The van der Waals surface area contributed by atoms with Gasteiger partial charge >= 0.3 is 0 Å². The zero-order valence-electron chi connectivity index (χ0n) is 14.0. The van der Waals surface area contributed by atoms with Gasteiger partial charge in [-0.2, -0.15) is 0 Å². The van der Waals surface area contributed by atoms with E-state index in [-0.39, 0.29) is 11.9 Å². The second kappa shape index (κ2) is 5.32. The molecule has 0 heterocycles. The Kier molecular flexibility index (Phi) is 4.21. The number of hydrogen-bond donors (Lipinski definition) is 2. The van der Waals surface area contributed by atoms with E-state index >= 15 is 0 Å². The number of amides is 1. The molecule has 0 saturated heterocycles. The smallest absolute Gasteiger partial charge is 0.234 e. The van der Waals surface area contributed by atoms with Crippen molar-refractivity contribution in [2.45, 2.75) is 72.9 Å². The molecule has 2 bridgehead atoms. The first-order valence-electron chi connectivity index (χ1n) is 8.19. The van der Waals surface area contributed by atoms with E-state index in [2.05, 4.69) is 52.2 Å². The first-order valence-corrected chi connectivity index (χ1v) is 8.19. The SMILES string of the molecule is CC(C)C(C)NC(=O)CNC1C2(C)CCC(C2)C1(C)C. The largest absolute Gasteiger partial charge is 0.352 e. The number of carbonyl (C=O) groups excluding carboxylic acids is 1. The highest BCUT2D eigenvalue weighted by atomic mass is 16.2. The van der Waals surface area contributed by atoms with Gasteiger partial charge in [-0.15, -0.1) is 0 Å². The fourth-order valence-corrected chi connectivity index (χ4v) is 4.48. The summed E-state index contributed by atoms with van der Waals surface area (Å²) in [5.41, 5.74) is 0.703. The van der Waals surface area contributed by atoms with Crippen LogP contribution in [0.4, 0.5) is 0 Å². The highest BCUT2D eigenvalue weighted by Crippen LogP contribution is 2.62. The average molecular weight is 280 g/mol. The summed E-state index contributed by atoms with van der Waals surface area (Å²) >= 11 is 0. The van der Waals surface area contributed by atoms with Gasteiger partial charge in [0.05, 0.1) is 6.54 Å². The Morgan fingerprint density at radius 2 is 1.90 bits per heavy atom. The van der Waals surface area contributed by atoms with E-state index in [1.807, 2.05) is 0 Å². The molecular weight excluding hydrogens is 248 g/mol. The molecule has 1 amide bonds. The topological polar surface area (TPSA) is 41.1 Å². The van der Waals surface area contributed by atoms with Crippen LogP contribution in [0.3, 0.4) is 0 Å². The lowest BCUT2D eigenvalue weighted by Gasteiger charge is -2.43. The van der Waals surface area contributed by atoms with Crippen LogP contribution >= 0.6 is 0 Å². The first-order chi connectivity index (χ1) is 9.17. The molecule has 0 spiro atoms. The second-order valence-electron chi connectivity index (χ2n) is 8.33. The molecule has 0 radical (unpaired) electrons. The molecule has 4 unspecified atom stereocenters.